The van der Waals surface area contributed by atoms with Gasteiger partial charge in [-0.3, -0.25) is 0 Å². The van der Waals surface area contributed by atoms with Gasteiger partial charge in [-0.2, -0.15) is 0 Å². The van der Waals surface area contributed by atoms with Crippen LogP contribution in [0.5, 0.6) is 0 Å². The number of pyridine rings is 1. The predicted molar refractivity (Wildman–Crippen MR) is 69.7 cm³/mol. The Morgan fingerprint density at radius 1 is 0.875 bits per heavy atom. The third kappa shape index (κ3) is 2.44. The number of hydrogen-bond donors (Lipinski definition) is 0. The number of aromatic nitrogens is 1. The zero-order chi connectivity index (χ0) is 11.7. The molecule has 1 heterocycles. The number of nitrogens with zero attached hydrogens (tertiary/aromatic N) is 1. The van der Waals surface area contributed by atoms with E-state index in [1.54, 1.807) is 30.5 Å². The van der Waals surface area contributed by atoms with Gasteiger partial charge in [-0.15, -0.1) is 0 Å². The van der Waals surface area contributed by atoms with Crippen LogP contribution in [-0.2, 0) is 0 Å². The Hall–Kier alpha value is -0.470. The average Bonchev–Trinajstić information content (AvgIpc) is 2.26. The van der Waals surface area contributed by atoms with Crippen LogP contribution < -0.4 is 0 Å². The van der Waals surface area contributed by atoms with Crippen LogP contribution in [-0.4, -0.2) is 4.98 Å². The first-order valence-electron chi connectivity index (χ1n) is 4.34. The molecule has 0 N–H and O–H groups in total. The highest BCUT2D eigenvalue weighted by Gasteiger charge is 2.07. The lowest BCUT2D eigenvalue weighted by Crippen LogP contribution is -1.83. The predicted octanol–water partition coefficient (Wildman–Crippen LogP) is 5.36. The minimum absolute atomic E-state index is 0.267. The van der Waals surface area contributed by atoms with Gasteiger partial charge in [0.15, 0.2) is 0 Å². The summed E-state index contributed by atoms with van der Waals surface area (Å²) in [7, 11) is 0. The van der Waals surface area contributed by atoms with E-state index >= 15 is 0 Å². The van der Waals surface area contributed by atoms with Crippen LogP contribution in [0.25, 0.3) is 11.1 Å². The first kappa shape index (κ1) is 12.0. The number of benzene rings is 1. The van der Waals surface area contributed by atoms with E-state index in [1.165, 1.54) is 0 Å². The largest absolute Gasteiger partial charge is 0.242 e. The quantitative estimate of drug-likeness (QED) is 0.645. The van der Waals surface area contributed by atoms with Gasteiger partial charge < -0.3 is 0 Å². The van der Waals surface area contributed by atoms with Gasteiger partial charge in [0.25, 0.3) is 0 Å². The fourth-order valence-electron chi connectivity index (χ4n) is 1.29. The van der Waals surface area contributed by atoms with Gasteiger partial charge in [0.2, 0.25) is 0 Å². The van der Waals surface area contributed by atoms with Gasteiger partial charge >= 0.3 is 0 Å². The molecule has 82 valence electrons. The Morgan fingerprint density at radius 2 is 1.62 bits per heavy atom. The van der Waals surface area contributed by atoms with Crippen LogP contribution >= 0.6 is 46.4 Å². The smallest absolute Gasteiger partial charge is 0.147 e. The van der Waals surface area contributed by atoms with Crippen molar-refractivity contribution in [2.45, 2.75) is 0 Å². The van der Waals surface area contributed by atoms with Crippen molar-refractivity contribution in [1.29, 1.82) is 0 Å². The molecule has 0 saturated heterocycles. The summed E-state index contributed by atoms with van der Waals surface area (Å²) in [6, 6.07) is 6.90. The van der Waals surface area contributed by atoms with Crippen molar-refractivity contribution >= 4 is 46.4 Å². The molecule has 0 fully saturated rings. The molecule has 0 amide bonds. The molecule has 5 heteroatoms. The van der Waals surface area contributed by atoms with Gasteiger partial charge in [0.05, 0.1) is 5.02 Å². The molecule has 0 bridgehead atoms. The Labute approximate surface area is 113 Å². The molecular weight excluding hydrogens is 288 g/mol. The van der Waals surface area contributed by atoms with Crippen molar-refractivity contribution in [3.05, 3.63) is 50.7 Å². The second-order valence-electron chi connectivity index (χ2n) is 3.12. The van der Waals surface area contributed by atoms with E-state index in [4.69, 9.17) is 46.4 Å². The molecular formula is C11H5Cl4N. The molecule has 0 radical (unpaired) electrons. The fourth-order valence-corrected chi connectivity index (χ4v) is 1.96. The molecule has 0 saturated carbocycles. The zero-order valence-corrected chi connectivity index (χ0v) is 10.9. The molecule has 1 aromatic carbocycles. The molecule has 0 aliphatic carbocycles. The van der Waals surface area contributed by atoms with E-state index < -0.39 is 0 Å². The first-order valence-corrected chi connectivity index (χ1v) is 5.85. The maximum Gasteiger partial charge on any atom is 0.147 e. The summed E-state index contributed by atoms with van der Waals surface area (Å²) in [6.45, 7) is 0. The molecule has 0 spiro atoms. The van der Waals surface area contributed by atoms with Crippen LogP contribution in [0.2, 0.25) is 20.2 Å². The lowest BCUT2D eigenvalue weighted by atomic mass is 10.1. The molecule has 1 nitrogen and oxygen atoms in total. The summed E-state index contributed by atoms with van der Waals surface area (Å²) in [6.07, 6.45) is 1.60. The highest BCUT2D eigenvalue weighted by Crippen LogP contribution is 2.32. The lowest BCUT2D eigenvalue weighted by molar-refractivity contribution is 1.33. The van der Waals surface area contributed by atoms with Gasteiger partial charge in [-0.05, 0) is 24.3 Å². The number of hydrogen-bond acceptors (Lipinski definition) is 1. The standard InChI is InChI=1S/C11H5Cl4N/c12-7-1-2-9(13)8(4-7)6-3-10(14)11(15)16-5-6/h1-5H. The van der Waals surface area contributed by atoms with Crippen molar-refractivity contribution in [1.82, 2.24) is 4.98 Å². The van der Waals surface area contributed by atoms with Crippen LogP contribution in [0.1, 0.15) is 0 Å². The molecule has 0 atom stereocenters. The van der Waals surface area contributed by atoms with Crippen LogP contribution in [0.4, 0.5) is 0 Å². The third-order valence-corrected chi connectivity index (χ3v) is 3.29. The van der Waals surface area contributed by atoms with Crippen molar-refractivity contribution in [2.24, 2.45) is 0 Å². The van der Waals surface area contributed by atoms with Gasteiger partial charge in [-0.1, -0.05) is 46.4 Å². The van der Waals surface area contributed by atoms with Crippen LogP contribution in [0.15, 0.2) is 30.5 Å². The third-order valence-electron chi connectivity index (χ3n) is 2.04. The molecule has 2 aromatic rings. The van der Waals surface area contributed by atoms with E-state index in [1.807, 2.05) is 0 Å². The van der Waals surface area contributed by atoms with Gasteiger partial charge in [-0.25, -0.2) is 4.98 Å². The highest BCUT2D eigenvalue weighted by molar-refractivity contribution is 6.41. The van der Waals surface area contributed by atoms with Crippen LogP contribution in [0, 0.1) is 0 Å². The minimum atomic E-state index is 0.267. The van der Waals surface area contributed by atoms with Crippen molar-refractivity contribution in [3.63, 3.8) is 0 Å². The topological polar surface area (TPSA) is 12.9 Å². The van der Waals surface area contributed by atoms with Gasteiger partial charge in [0, 0.05) is 27.4 Å². The van der Waals surface area contributed by atoms with Crippen molar-refractivity contribution in [2.75, 3.05) is 0 Å². The number of rotatable bonds is 1. The SMILES string of the molecule is Clc1ccc(Cl)c(-c2cnc(Cl)c(Cl)c2)c1. The highest BCUT2D eigenvalue weighted by atomic mass is 35.5. The summed E-state index contributed by atoms with van der Waals surface area (Å²) in [5.41, 5.74) is 1.56. The van der Waals surface area contributed by atoms with E-state index in [-0.39, 0.29) is 5.15 Å². The van der Waals surface area contributed by atoms with E-state index in [2.05, 4.69) is 4.98 Å². The lowest BCUT2D eigenvalue weighted by Gasteiger charge is -2.05. The van der Waals surface area contributed by atoms with Crippen molar-refractivity contribution in [3.8, 4) is 11.1 Å². The Kier molecular flexibility index (Phi) is 3.60. The second kappa shape index (κ2) is 4.80. The molecule has 16 heavy (non-hydrogen) atoms. The summed E-state index contributed by atoms with van der Waals surface area (Å²) in [5.74, 6) is 0. The molecule has 0 aliphatic heterocycles. The Balaban J connectivity index is 2.58. The van der Waals surface area contributed by atoms with E-state index in [9.17, 15) is 0 Å². The summed E-state index contributed by atoms with van der Waals surface area (Å²) in [4.78, 5) is 3.96. The maximum absolute atomic E-state index is 6.06. The molecule has 0 unspecified atom stereocenters. The summed E-state index contributed by atoms with van der Waals surface area (Å²) in [5, 5.41) is 1.84. The molecule has 1 aromatic heterocycles. The van der Waals surface area contributed by atoms with Gasteiger partial charge in [0.1, 0.15) is 5.15 Å². The first-order chi connectivity index (χ1) is 7.58. The Morgan fingerprint density at radius 3 is 2.31 bits per heavy atom. The van der Waals surface area contributed by atoms with E-state index in [0.29, 0.717) is 15.1 Å². The fraction of sp³-hybridized carbons (Fsp3) is 0. The second-order valence-corrected chi connectivity index (χ2v) is 4.73. The normalized spacial score (nSPS) is 10.5. The van der Waals surface area contributed by atoms with Crippen molar-refractivity contribution < 1.29 is 0 Å². The van der Waals surface area contributed by atoms with E-state index in [0.717, 1.165) is 11.1 Å². The van der Waals surface area contributed by atoms with Crippen LogP contribution in [0.3, 0.4) is 0 Å². The Bertz CT molecular complexity index is 540. The summed E-state index contributed by atoms with van der Waals surface area (Å²) >= 11 is 23.6. The zero-order valence-electron chi connectivity index (χ0n) is 7.85. The monoisotopic (exact) mass is 291 g/mol. The minimum Gasteiger partial charge on any atom is -0.242 e. The maximum atomic E-state index is 6.06. The summed E-state index contributed by atoms with van der Waals surface area (Å²) < 4.78 is 0. The molecule has 0 aliphatic rings. The average molecular weight is 293 g/mol. The number of halogens is 4. The molecule has 2 rings (SSSR count).